The monoisotopic (exact) mass is 394 g/mol. The second-order valence-electron chi connectivity index (χ2n) is 7.09. The van der Waals surface area contributed by atoms with Crippen LogP contribution in [0.1, 0.15) is 11.1 Å². The number of hydrogen-bond donors (Lipinski definition) is 1. The van der Waals surface area contributed by atoms with Gasteiger partial charge >= 0.3 is 6.92 Å². The van der Waals surface area contributed by atoms with E-state index < -0.39 is 6.92 Å². The Morgan fingerprint density at radius 1 is 0.500 bits per heavy atom. The SMILES string of the molecule is OB(c1ccc(OCc2ccccc2)cc1)c1ccc(OCc2ccccc2)cc1. The molecule has 0 atom stereocenters. The molecule has 4 aromatic rings. The molecule has 0 aliphatic carbocycles. The second-order valence-corrected chi connectivity index (χ2v) is 7.09. The summed E-state index contributed by atoms with van der Waals surface area (Å²) in [6, 6.07) is 35.2. The Morgan fingerprint density at radius 2 is 0.867 bits per heavy atom. The molecule has 30 heavy (non-hydrogen) atoms. The zero-order chi connectivity index (χ0) is 20.6. The summed E-state index contributed by atoms with van der Waals surface area (Å²) in [5, 5.41) is 10.7. The number of rotatable bonds is 8. The number of hydrogen-bond acceptors (Lipinski definition) is 3. The first kappa shape index (κ1) is 19.8. The van der Waals surface area contributed by atoms with Crippen LogP contribution in [0, 0.1) is 0 Å². The Kier molecular flexibility index (Phi) is 6.48. The molecule has 0 heterocycles. The minimum Gasteiger partial charge on any atom is -0.489 e. The molecule has 4 rings (SSSR count). The Labute approximate surface area is 177 Å². The molecule has 0 aromatic heterocycles. The molecular formula is C26H23BO3. The molecule has 1 N–H and O–H groups in total. The lowest BCUT2D eigenvalue weighted by Gasteiger charge is -2.11. The van der Waals surface area contributed by atoms with Gasteiger partial charge in [-0.05, 0) is 46.3 Å². The van der Waals surface area contributed by atoms with Gasteiger partial charge in [0.25, 0.3) is 0 Å². The molecule has 0 saturated heterocycles. The van der Waals surface area contributed by atoms with Gasteiger partial charge in [0.15, 0.2) is 0 Å². The Bertz CT molecular complexity index is 946. The molecule has 0 fully saturated rings. The van der Waals surface area contributed by atoms with Gasteiger partial charge in [0, 0.05) is 0 Å². The minimum atomic E-state index is -0.698. The molecule has 0 aliphatic heterocycles. The third-order valence-electron chi connectivity index (χ3n) is 4.89. The summed E-state index contributed by atoms with van der Waals surface area (Å²) in [4.78, 5) is 0. The maximum absolute atomic E-state index is 10.7. The lowest BCUT2D eigenvalue weighted by atomic mass is 9.56. The molecule has 148 valence electrons. The van der Waals surface area contributed by atoms with E-state index in [4.69, 9.17) is 9.47 Å². The second kappa shape index (κ2) is 9.81. The smallest absolute Gasteiger partial charge is 0.358 e. The van der Waals surface area contributed by atoms with E-state index in [9.17, 15) is 5.02 Å². The molecular weight excluding hydrogens is 371 g/mol. The third kappa shape index (κ3) is 5.31. The standard InChI is InChI=1S/C26H23BO3/c28-27(23-11-15-25(16-12-23)29-19-21-7-3-1-4-8-21)24-13-17-26(18-14-24)30-20-22-9-5-2-6-10-22/h1-18,28H,19-20H2. The van der Waals surface area contributed by atoms with Crippen LogP contribution in [0.4, 0.5) is 0 Å². The van der Waals surface area contributed by atoms with Crippen molar-refractivity contribution in [2.75, 3.05) is 0 Å². The van der Waals surface area contributed by atoms with Crippen LogP contribution < -0.4 is 20.4 Å². The van der Waals surface area contributed by atoms with Crippen molar-refractivity contribution >= 4 is 17.8 Å². The Balaban J connectivity index is 1.33. The van der Waals surface area contributed by atoms with E-state index >= 15 is 0 Å². The van der Waals surface area contributed by atoms with Gasteiger partial charge in [-0.1, -0.05) is 84.9 Å². The fourth-order valence-corrected chi connectivity index (χ4v) is 3.17. The molecule has 0 bridgehead atoms. The molecule has 0 saturated carbocycles. The van der Waals surface area contributed by atoms with Crippen LogP contribution in [-0.4, -0.2) is 11.9 Å². The summed E-state index contributed by atoms with van der Waals surface area (Å²) in [5.41, 5.74) is 3.88. The summed E-state index contributed by atoms with van der Waals surface area (Å²) in [6.07, 6.45) is 0. The van der Waals surface area contributed by atoms with Crippen LogP contribution in [0.3, 0.4) is 0 Å². The molecule has 0 unspecified atom stereocenters. The fraction of sp³-hybridized carbons (Fsp3) is 0.0769. The maximum Gasteiger partial charge on any atom is 0.358 e. The van der Waals surface area contributed by atoms with E-state index in [-0.39, 0.29) is 0 Å². The molecule has 4 aromatic carbocycles. The van der Waals surface area contributed by atoms with Crippen molar-refractivity contribution in [3.63, 3.8) is 0 Å². The van der Waals surface area contributed by atoms with Crippen LogP contribution in [0.2, 0.25) is 0 Å². The van der Waals surface area contributed by atoms with Crippen LogP contribution in [0.15, 0.2) is 109 Å². The third-order valence-corrected chi connectivity index (χ3v) is 4.89. The molecule has 0 aliphatic rings. The first-order valence-electron chi connectivity index (χ1n) is 9.99. The van der Waals surface area contributed by atoms with Crippen LogP contribution in [0.5, 0.6) is 11.5 Å². The van der Waals surface area contributed by atoms with Crippen molar-refractivity contribution in [1.29, 1.82) is 0 Å². The first-order valence-corrected chi connectivity index (χ1v) is 9.99. The first-order chi connectivity index (χ1) is 14.8. The van der Waals surface area contributed by atoms with Gasteiger partial charge in [0.2, 0.25) is 0 Å². The number of benzene rings is 4. The van der Waals surface area contributed by atoms with E-state index in [1.165, 1.54) is 0 Å². The fourth-order valence-electron chi connectivity index (χ4n) is 3.17. The Hall–Kier alpha value is -3.50. The quantitative estimate of drug-likeness (QED) is 0.460. The highest BCUT2D eigenvalue weighted by atomic mass is 16.5. The van der Waals surface area contributed by atoms with E-state index in [0.29, 0.717) is 13.2 Å². The van der Waals surface area contributed by atoms with Gasteiger partial charge in [0.05, 0.1) is 0 Å². The van der Waals surface area contributed by atoms with Gasteiger partial charge in [-0.3, -0.25) is 0 Å². The van der Waals surface area contributed by atoms with Crippen LogP contribution in [0.25, 0.3) is 0 Å². The van der Waals surface area contributed by atoms with E-state index in [1.54, 1.807) is 0 Å². The highest BCUT2D eigenvalue weighted by molar-refractivity contribution is 6.78. The molecule has 3 nitrogen and oxygen atoms in total. The molecule has 4 heteroatoms. The van der Waals surface area contributed by atoms with E-state index in [2.05, 4.69) is 0 Å². The molecule has 0 amide bonds. The summed E-state index contributed by atoms with van der Waals surface area (Å²) in [5.74, 6) is 1.55. The summed E-state index contributed by atoms with van der Waals surface area (Å²) in [6.45, 7) is 0.344. The van der Waals surface area contributed by atoms with E-state index in [0.717, 1.165) is 33.6 Å². The summed E-state index contributed by atoms with van der Waals surface area (Å²) in [7, 11) is 0. The number of ether oxygens (including phenoxy) is 2. The lowest BCUT2D eigenvalue weighted by Crippen LogP contribution is -2.42. The Morgan fingerprint density at radius 3 is 1.23 bits per heavy atom. The van der Waals surface area contributed by atoms with E-state index in [1.807, 2.05) is 109 Å². The minimum absolute atomic E-state index is 0.521. The predicted molar refractivity (Wildman–Crippen MR) is 122 cm³/mol. The van der Waals surface area contributed by atoms with Crippen molar-refractivity contribution in [2.24, 2.45) is 0 Å². The van der Waals surface area contributed by atoms with Gasteiger partial charge in [-0.25, -0.2) is 0 Å². The summed E-state index contributed by atoms with van der Waals surface area (Å²) >= 11 is 0. The predicted octanol–water partition coefficient (Wildman–Crippen LogP) is 3.94. The summed E-state index contributed by atoms with van der Waals surface area (Å²) < 4.78 is 11.6. The van der Waals surface area contributed by atoms with Crippen LogP contribution >= 0.6 is 0 Å². The van der Waals surface area contributed by atoms with Gasteiger partial charge < -0.3 is 14.5 Å². The molecule has 0 spiro atoms. The van der Waals surface area contributed by atoms with Crippen molar-refractivity contribution in [2.45, 2.75) is 13.2 Å². The zero-order valence-electron chi connectivity index (χ0n) is 16.6. The highest BCUT2D eigenvalue weighted by Crippen LogP contribution is 2.13. The largest absolute Gasteiger partial charge is 0.489 e. The highest BCUT2D eigenvalue weighted by Gasteiger charge is 2.17. The van der Waals surface area contributed by atoms with Crippen molar-refractivity contribution in [3.8, 4) is 11.5 Å². The normalized spacial score (nSPS) is 10.4. The van der Waals surface area contributed by atoms with Crippen LogP contribution in [-0.2, 0) is 13.2 Å². The van der Waals surface area contributed by atoms with Crippen molar-refractivity contribution < 1.29 is 14.5 Å². The van der Waals surface area contributed by atoms with Crippen molar-refractivity contribution in [3.05, 3.63) is 120 Å². The average Bonchev–Trinajstić information content (AvgIpc) is 2.83. The lowest BCUT2D eigenvalue weighted by molar-refractivity contribution is 0.306. The van der Waals surface area contributed by atoms with Gasteiger partial charge in [-0.2, -0.15) is 0 Å². The topological polar surface area (TPSA) is 38.7 Å². The maximum atomic E-state index is 10.7. The van der Waals surface area contributed by atoms with Gasteiger partial charge in [-0.15, -0.1) is 0 Å². The van der Waals surface area contributed by atoms with Crippen molar-refractivity contribution in [1.82, 2.24) is 0 Å². The zero-order valence-corrected chi connectivity index (χ0v) is 16.6. The van der Waals surface area contributed by atoms with Gasteiger partial charge in [0.1, 0.15) is 24.7 Å². The molecule has 0 radical (unpaired) electrons. The average molecular weight is 394 g/mol.